The number of amides is 2. The second-order valence-electron chi connectivity index (χ2n) is 4.14. The molecule has 1 heterocycles. The van der Waals surface area contributed by atoms with Crippen LogP contribution in [-0.4, -0.2) is 72.6 Å². The summed E-state index contributed by atoms with van der Waals surface area (Å²) in [5.74, 6) is -1.49. The van der Waals surface area contributed by atoms with Gasteiger partial charge in [0.1, 0.15) is 6.54 Å². The zero-order valence-electron chi connectivity index (χ0n) is 10.4. The minimum absolute atomic E-state index is 0.0416. The Hall–Kier alpha value is -1.63. The minimum Gasteiger partial charge on any atom is -0.480 e. The van der Waals surface area contributed by atoms with Crippen molar-refractivity contribution in [1.29, 1.82) is 0 Å². The van der Waals surface area contributed by atoms with Crippen LogP contribution in [0.4, 0.5) is 0 Å². The van der Waals surface area contributed by atoms with Crippen LogP contribution in [0.15, 0.2) is 0 Å². The highest BCUT2D eigenvalue weighted by molar-refractivity contribution is 5.85. The number of hydrogen-bond donors (Lipinski definition) is 1. The third-order valence-electron chi connectivity index (χ3n) is 2.71. The average molecular weight is 258 g/mol. The van der Waals surface area contributed by atoms with Gasteiger partial charge in [0.15, 0.2) is 0 Å². The van der Waals surface area contributed by atoms with Gasteiger partial charge in [-0.15, -0.1) is 0 Å². The smallest absolute Gasteiger partial charge is 0.323 e. The molecular weight excluding hydrogens is 240 g/mol. The molecule has 1 aliphatic heterocycles. The molecule has 7 heteroatoms. The monoisotopic (exact) mass is 258 g/mol. The number of morpholine rings is 1. The lowest BCUT2D eigenvalue weighted by molar-refractivity contribution is -0.144. The van der Waals surface area contributed by atoms with Gasteiger partial charge in [-0.2, -0.15) is 0 Å². The van der Waals surface area contributed by atoms with Crippen LogP contribution >= 0.6 is 0 Å². The van der Waals surface area contributed by atoms with E-state index in [1.807, 2.05) is 0 Å². The van der Waals surface area contributed by atoms with E-state index in [-0.39, 0.29) is 31.2 Å². The molecule has 0 bridgehead atoms. The lowest BCUT2D eigenvalue weighted by Gasteiger charge is -2.27. The summed E-state index contributed by atoms with van der Waals surface area (Å²) in [4.78, 5) is 36.4. The predicted octanol–water partition coefficient (Wildman–Crippen LogP) is -0.832. The maximum absolute atomic E-state index is 11.7. The van der Waals surface area contributed by atoms with Gasteiger partial charge in [-0.25, -0.2) is 0 Å². The van der Waals surface area contributed by atoms with Crippen LogP contribution in [0.2, 0.25) is 0 Å². The molecule has 0 aromatic rings. The van der Waals surface area contributed by atoms with Gasteiger partial charge in [-0.3, -0.25) is 14.4 Å². The van der Waals surface area contributed by atoms with Crippen LogP contribution in [0.1, 0.15) is 12.8 Å². The highest BCUT2D eigenvalue weighted by atomic mass is 16.5. The Morgan fingerprint density at radius 2 is 1.83 bits per heavy atom. The quantitative estimate of drug-likeness (QED) is 0.695. The number of rotatable bonds is 5. The van der Waals surface area contributed by atoms with Gasteiger partial charge in [-0.05, 0) is 0 Å². The molecule has 18 heavy (non-hydrogen) atoms. The van der Waals surface area contributed by atoms with E-state index in [0.717, 1.165) is 4.90 Å². The van der Waals surface area contributed by atoms with E-state index in [0.29, 0.717) is 26.3 Å². The first-order valence-electron chi connectivity index (χ1n) is 5.82. The van der Waals surface area contributed by atoms with Gasteiger partial charge in [0, 0.05) is 33.0 Å². The lowest BCUT2D eigenvalue weighted by atomic mass is 10.2. The number of ether oxygens (including phenoxy) is 1. The maximum Gasteiger partial charge on any atom is 0.323 e. The van der Waals surface area contributed by atoms with Crippen LogP contribution in [0, 0.1) is 0 Å². The van der Waals surface area contributed by atoms with Gasteiger partial charge < -0.3 is 19.6 Å². The van der Waals surface area contributed by atoms with Crippen LogP contribution < -0.4 is 0 Å². The minimum atomic E-state index is -1.06. The fourth-order valence-corrected chi connectivity index (χ4v) is 1.67. The SMILES string of the molecule is CN(CC(=O)O)C(=O)CCC(=O)N1CCOCC1. The number of nitrogens with zero attached hydrogens (tertiary/aromatic N) is 2. The number of aliphatic carboxylic acids is 1. The first-order chi connectivity index (χ1) is 8.50. The number of carbonyl (C=O) groups is 3. The van der Waals surface area contributed by atoms with Crippen molar-refractivity contribution in [2.24, 2.45) is 0 Å². The standard InChI is InChI=1S/C11H18N2O5/c1-12(8-11(16)17)9(14)2-3-10(15)13-4-6-18-7-5-13/h2-8H2,1H3,(H,16,17). The molecule has 1 N–H and O–H groups in total. The van der Waals surface area contributed by atoms with Crippen LogP contribution in [0.3, 0.4) is 0 Å². The zero-order chi connectivity index (χ0) is 13.5. The normalized spacial score (nSPS) is 15.3. The second-order valence-corrected chi connectivity index (χ2v) is 4.14. The highest BCUT2D eigenvalue weighted by Crippen LogP contribution is 2.03. The van der Waals surface area contributed by atoms with Crippen molar-refractivity contribution < 1.29 is 24.2 Å². The van der Waals surface area contributed by atoms with Gasteiger partial charge in [0.05, 0.1) is 13.2 Å². The van der Waals surface area contributed by atoms with Crippen LogP contribution in [-0.2, 0) is 19.1 Å². The fourth-order valence-electron chi connectivity index (χ4n) is 1.67. The molecule has 0 spiro atoms. The molecule has 102 valence electrons. The molecule has 0 saturated carbocycles. The molecule has 1 saturated heterocycles. The summed E-state index contributed by atoms with van der Waals surface area (Å²) in [6, 6.07) is 0. The Kier molecular flexibility index (Phi) is 5.57. The predicted molar refractivity (Wildman–Crippen MR) is 61.9 cm³/mol. The van der Waals surface area contributed by atoms with Crippen molar-refractivity contribution in [2.75, 3.05) is 39.9 Å². The third kappa shape index (κ3) is 4.70. The summed E-state index contributed by atoms with van der Waals surface area (Å²) in [6.07, 6.45) is 0.156. The van der Waals surface area contributed by atoms with Gasteiger partial charge in [-0.1, -0.05) is 0 Å². The molecule has 0 aliphatic carbocycles. The first kappa shape index (κ1) is 14.4. The maximum atomic E-state index is 11.7. The third-order valence-corrected chi connectivity index (χ3v) is 2.71. The van der Waals surface area contributed by atoms with Crippen molar-refractivity contribution >= 4 is 17.8 Å². The molecule has 2 amide bonds. The number of carbonyl (C=O) groups excluding carboxylic acids is 2. The Bertz CT molecular complexity index is 325. The van der Waals surface area contributed by atoms with E-state index >= 15 is 0 Å². The Morgan fingerprint density at radius 1 is 1.22 bits per heavy atom. The Balaban J connectivity index is 2.28. The summed E-state index contributed by atoms with van der Waals surface area (Å²) in [5.41, 5.74) is 0. The molecular formula is C11H18N2O5. The van der Waals surface area contributed by atoms with E-state index in [4.69, 9.17) is 9.84 Å². The summed E-state index contributed by atoms with van der Waals surface area (Å²) >= 11 is 0. The number of hydrogen-bond acceptors (Lipinski definition) is 4. The fraction of sp³-hybridized carbons (Fsp3) is 0.727. The van der Waals surface area contributed by atoms with Crippen molar-refractivity contribution in [3.63, 3.8) is 0 Å². The molecule has 7 nitrogen and oxygen atoms in total. The summed E-state index contributed by atoms with van der Waals surface area (Å²) < 4.78 is 5.12. The molecule has 0 aromatic carbocycles. The van der Waals surface area contributed by atoms with Crippen molar-refractivity contribution in [1.82, 2.24) is 9.80 Å². The van der Waals surface area contributed by atoms with Crippen molar-refractivity contribution in [3.05, 3.63) is 0 Å². The molecule has 0 atom stereocenters. The molecule has 0 unspecified atom stereocenters. The average Bonchev–Trinajstić information content (AvgIpc) is 2.35. The van der Waals surface area contributed by atoms with Gasteiger partial charge in [0.25, 0.3) is 0 Å². The zero-order valence-corrected chi connectivity index (χ0v) is 10.4. The summed E-state index contributed by atoms with van der Waals surface area (Å²) in [5, 5.41) is 8.53. The summed E-state index contributed by atoms with van der Waals surface area (Å²) in [6.45, 7) is 1.82. The van der Waals surface area contributed by atoms with E-state index in [9.17, 15) is 14.4 Å². The Morgan fingerprint density at radius 3 is 2.39 bits per heavy atom. The highest BCUT2D eigenvalue weighted by Gasteiger charge is 2.19. The molecule has 0 aromatic heterocycles. The second kappa shape index (κ2) is 6.95. The van der Waals surface area contributed by atoms with Crippen LogP contribution in [0.25, 0.3) is 0 Å². The van der Waals surface area contributed by atoms with Crippen molar-refractivity contribution in [2.45, 2.75) is 12.8 Å². The van der Waals surface area contributed by atoms with E-state index < -0.39 is 5.97 Å². The lowest BCUT2D eigenvalue weighted by Crippen LogP contribution is -2.41. The van der Waals surface area contributed by atoms with E-state index in [2.05, 4.69) is 0 Å². The first-order valence-corrected chi connectivity index (χ1v) is 5.82. The number of carboxylic acid groups (broad SMARTS) is 1. The van der Waals surface area contributed by atoms with Crippen LogP contribution in [0.5, 0.6) is 0 Å². The van der Waals surface area contributed by atoms with Gasteiger partial charge in [0.2, 0.25) is 11.8 Å². The number of carboxylic acids is 1. The molecule has 1 aliphatic rings. The Labute approximate surface area is 105 Å². The molecule has 0 radical (unpaired) electrons. The van der Waals surface area contributed by atoms with E-state index in [1.165, 1.54) is 7.05 Å². The topological polar surface area (TPSA) is 87.2 Å². The number of likely N-dealkylation sites (N-methyl/N-ethyl adjacent to an activating group) is 1. The molecule has 1 rings (SSSR count). The summed E-state index contributed by atoms with van der Waals surface area (Å²) in [7, 11) is 1.41. The van der Waals surface area contributed by atoms with Crippen molar-refractivity contribution in [3.8, 4) is 0 Å². The molecule has 1 fully saturated rings. The van der Waals surface area contributed by atoms with E-state index in [1.54, 1.807) is 4.90 Å². The van der Waals surface area contributed by atoms with Gasteiger partial charge >= 0.3 is 5.97 Å². The largest absolute Gasteiger partial charge is 0.480 e.